The van der Waals surface area contributed by atoms with Crippen LogP contribution in [0.15, 0.2) is 45.3 Å². The van der Waals surface area contributed by atoms with E-state index in [1.54, 1.807) is 0 Å². The quantitative estimate of drug-likeness (QED) is 0.473. The number of halogens is 3. The van der Waals surface area contributed by atoms with Gasteiger partial charge in [0.15, 0.2) is 0 Å². The summed E-state index contributed by atoms with van der Waals surface area (Å²) in [6.07, 6.45) is 3.36. The first-order valence-corrected chi connectivity index (χ1v) is 9.25. The van der Waals surface area contributed by atoms with Crippen LogP contribution >= 0.6 is 43.5 Å². The highest BCUT2D eigenvalue weighted by Crippen LogP contribution is 2.42. The first-order valence-electron chi connectivity index (χ1n) is 7.22. The normalized spacial score (nSPS) is 19.1. The fourth-order valence-electron chi connectivity index (χ4n) is 3.10. The second-order valence-corrected chi connectivity index (χ2v) is 7.98. The molecule has 110 valence electrons. The van der Waals surface area contributed by atoms with E-state index in [1.165, 1.54) is 22.3 Å². The van der Waals surface area contributed by atoms with E-state index in [0.717, 1.165) is 28.2 Å². The van der Waals surface area contributed by atoms with E-state index < -0.39 is 0 Å². The van der Waals surface area contributed by atoms with Crippen LogP contribution in [0, 0.1) is 12.8 Å². The minimum Gasteiger partial charge on any atom is -0.117 e. The number of hydrogen-bond donors (Lipinski definition) is 0. The molecule has 2 aromatic carbocycles. The number of rotatable bonds is 2. The fraction of sp³-hybridized carbons (Fsp3) is 0.333. The Morgan fingerprint density at radius 3 is 2.57 bits per heavy atom. The van der Waals surface area contributed by atoms with Crippen LogP contribution in [-0.2, 0) is 12.8 Å². The van der Waals surface area contributed by atoms with Gasteiger partial charge < -0.3 is 0 Å². The molecular formula is C18H17Br2Cl. The van der Waals surface area contributed by atoms with Crippen molar-refractivity contribution in [2.45, 2.75) is 31.6 Å². The van der Waals surface area contributed by atoms with Crippen molar-refractivity contribution in [1.29, 1.82) is 0 Å². The summed E-state index contributed by atoms with van der Waals surface area (Å²) < 4.78 is 2.24. The average molecular weight is 429 g/mol. The lowest BCUT2D eigenvalue weighted by atomic mass is 9.80. The van der Waals surface area contributed by atoms with Crippen LogP contribution in [0.1, 0.15) is 34.1 Å². The third-order valence-corrected chi connectivity index (χ3v) is 6.51. The van der Waals surface area contributed by atoms with Gasteiger partial charge in [0.2, 0.25) is 0 Å². The Hall–Kier alpha value is -0.310. The Labute approximate surface area is 148 Å². The zero-order valence-electron chi connectivity index (χ0n) is 11.9. The molecule has 0 nitrogen and oxygen atoms in total. The van der Waals surface area contributed by atoms with Crippen LogP contribution in [0.25, 0.3) is 0 Å². The predicted molar refractivity (Wildman–Crippen MR) is 97.1 cm³/mol. The van der Waals surface area contributed by atoms with E-state index in [0.29, 0.717) is 5.92 Å². The van der Waals surface area contributed by atoms with Crippen LogP contribution in [-0.4, -0.2) is 0 Å². The Balaban J connectivity index is 1.87. The van der Waals surface area contributed by atoms with E-state index in [9.17, 15) is 0 Å². The molecule has 1 aliphatic carbocycles. The third kappa shape index (κ3) is 3.23. The van der Waals surface area contributed by atoms with Gasteiger partial charge in [-0.1, -0.05) is 56.1 Å². The van der Waals surface area contributed by atoms with Gasteiger partial charge in [-0.25, -0.2) is 0 Å². The summed E-state index contributed by atoms with van der Waals surface area (Å²) >= 11 is 14.1. The second kappa shape index (κ2) is 6.44. The van der Waals surface area contributed by atoms with Crippen molar-refractivity contribution < 1.29 is 0 Å². The van der Waals surface area contributed by atoms with Crippen LogP contribution in [0.4, 0.5) is 0 Å². The van der Waals surface area contributed by atoms with Crippen LogP contribution < -0.4 is 0 Å². The highest BCUT2D eigenvalue weighted by Gasteiger charge is 2.27. The van der Waals surface area contributed by atoms with Crippen LogP contribution in [0.2, 0.25) is 0 Å². The van der Waals surface area contributed by atoms with Gasteiger partial charge in [0.05, 0.1) is 5.38 Å². The maximum atomic E-state index is 6.83. The zero-order chi connectivity index (χ0) is 15.0. The number of benzene rings is 2. The van der Waals surface area contributed by atoms with E-state index >= 15 is 0 Å². The summed E-state index contributed by atoms with van der Waals surface area (Å²) in [5, 5.41) is 0.0460. The van der Waals surface area contributed by atoms with Crippen molar-refractivity contribution in [2.75, 3.05) is 0 Å². The molecule has 0 saturated carbocycles. The monoisotopic (exact) mass is 426 g/mol. The van der Waals surface area contributed by atoms with Crippen molar-refractivity contribution in [3.8, 4) is 0 Å². The van der Waals surface area contributed by atoms with Gasteiger partial charge in [0.25, 0.3) is 0 Å². The maximum Gasteiger partial charge on any atom is 0.0628 e. The topological polar surface area (TPSA) is 0 Å². The minimum absolute atomic E-state index is 0.0460. The predicted octanol–water partition coefficient (Wildman–Crippen LogP) is 6.61. The number of fused-ring (bicyclic) bond motifs is 1. The summed E-state index contributed by atoms with van der Waals surface area (Å²) in [5.74, 6) is 0.493. The summed E-state index contributed by atoms with van der Waals surface area (Å²) in [4.78, 5) is 0. The van der Waals surface area contributed by atoms with Gasteiger partial charge in [-0.3, -0.25) is 0 Å². The molecule has 0 heterocycles. The Morgan fingerprint density at radius 1 is 1.10 bits per heavy atom. The van der Waals surface area contributed by atoms with Crippen molar-refractivity contribution in [3.63, 3.8) is 0 Å². The molecule has 0 bridgehead atoms. The zero-order valence-corrected chi connectivity index (χ0v) is 15.8. The van der Waals surface area contributed by atoms with Gasteiger partial charge in [0, 0.05) is 8.95 Å². The lowest BCUT2D eigenvalue weighted by Gasteiger charge is -2.29. The standard InChI is InChI=1S/C18H17Br2Cl/c1-11-8-17(20)15(10-16(11)19)18(21)14-7-6-12-4-2-3-5-13(12)9-14/h2-5,8,10,14,18H,6-7,9H2,1H3. The molecular weight excluding hydrogens is 411 g/mol. The van der Waals surface area contributed by atoms with Crippen molar-refractivity contribution in [1.82, 2.24) is 0 Å². The van der Waals surface area contributed by atoms with Gasteiger partial charge in [0.1, 0.15) is 0 Å². The Morgan fingerprint density at radius 2 is 1.81 bits per heavy atom. The molecule has 0 aromatic heterocycles. The first-order chi connectivity index (χ1) is 10.1. The third-order valence-electron chi connectivity index (χ3n) is 4.37. The number of alkyl halides is 1. The first kappa shape index (κ1) is 15.6. The molecule has 0 amide bonds. The van der Waals surface area contributed by atoms with Crippen molar-refractivity contribution in [3.05, 3.63) is 67.6 Å². The SMILES string of the molecule is Cc1cc(Br)c(C(Cl)C2CCc3ccccc3C2)cc1Br. The highest BCUT2D eigenvalue weighted by atomic mass is 79.9. The molecule has 2 aromatic rings. The smallest absolute Gasteiger partial charge is 0.0628 e. The average Bonchev–Trinajstić information content (AvgIpc) is 2.50. The second-order valence-electron chi connectivity index (χ2n) is 5.80. The molecule has 0 N–H and O–H groups in total. The van der Waals surface area contributed by atoms with E-state index in [2.05, 4.69) is 75.2 Å². The fourth-order valence-corrected chi connectivity index (χ4v) is 4.70. The molecule has 0 radical (unpaired) electrons. The molecule has 0 fully saturated rings. The van der Waals surface area contributed by atoms with Gasteiger partial charge in [-0.15, -0.1) is 11.6 Å². The summed E-state index contributed by atoms with van der Waals surface area (Å²) in [7, 11) is 0. The summed E-state index contributed by atoms with van der Waals surface area (Å²) in [5.41, 5.74) is 5.37. The van der Waals surface area contributed by atoms with Crippen LogP contribution in [0.5, 0.6) is 0 Å². The molecule has 3 rings (SSSR count). The summed E-state index contributed by atoms with van der Waals surface area (Å²) in [6.45, 7) is 2.10. The molecule has 2 unspecified atom stereocenters. The van der Waals surface area contributed by atoms with Gasteiger partial charge in [-0.2, -0.15) is 0 Å². The van der Waals surface area contributed by atoms with Gasteiger partial charge in [-0.05, 0) is 66.5 Å². The highest BCUT2D eigenvalue weighted by molar-refractivity contribution is 9.11. The molecule has 2 atom stereocenters. The molecule has 0 spiro atoms. The lowest BCUT2D eigenvalue weighted by molar-refractivity contribution is 0.442. The number of aryl methyl sites for hydroxylation is 2. The van der Waals surface area contributed by atoms with Crippen molar-refractivity contribution in [2.24, 2.45) is 5.92 Å². The van der Waals surface area contributed by atoms with E-state index in [-0.39, 0.29) is 5.38 Å². The maximum absolute atomic E-state index is 6.83. The Kier molecular flexibility index (Phi) is 4.78. The molecule has 3 heteroatoms. The Bertz CT molecular complexity index is 666. The molecule has 0 saturated heterocycles. The minimum atomic E-state index is 0.0460. The molecule has 1 aliphatic rings. The summed E-state index contributed by atoms with van der Waals surface area (Å²) in [6, 6.07) is 13.1. The van der Waals surface area contributed by atoms with Gasteiger partial charge >= 0.3 is 0 Å². The van der Waals surface area contributed by atoms with E-state index in [1.807, 2.05) is 0 Å². The number of hydrogen-bond acceptors (Lipinski definition) is 0. The van der Waals surface area contributed by atoms with Crippen molar-refractivity contribution >= 4 is 43.5 Å². The molecule has 0 aliphatic heterocycles. The largest absolute Gasteiger partial charge is 0.117 e. The van der Waals surface area contributed by atoms with Crippen LogP contribution in [0.3, 0.4) is 0 Å². The van der Waals surface area contributed by atoms with E-state index in [4.69, 9.17) is 11.6 Å². The molecule has 21 heavy (non-hydrogen) atoms. The lowest BCUT2D eigenvalue weighted by Crippen LogP contribution is -2.18.